The van der Waals surface area contributed by atoms with Crippen LogP contribution >= 0.6 is 23.7 Å². The molecule has 5 heteroatoms. The molecule has 0 unspecified atom stereocenters. The lowest BCUT2D eigenvalue weighted by atomic mass is 9.89. The van der Waals surface area contributed by atoms with Crippen LogP contribution in [0.2, 0.25) is 0 Å². The molecule has 0 spiro atoms. The third-order valence-electron chi connectivity index (χ3n) is 5.89. The Balaban J connectivity index is 0.00000240. The van der Waals surface area contributed by atoms with Gasteiger partial charge in [0.15, 0.2) is 0 Å². The van der Waals surface area contributed by atoms with Crippen molar-refractivity contribution in [3.05, 3.63) is 51.5 Å². The van der Waals surface area contributed by atoms with Gasteiger partial charge in [0.25, 0.3) is 5.91 Å². The summed E-state index contributed by atoms with van der Waals surface area (Å²) in [5.74, 6) is 0.100. The van der Waals surface area contributed by atoms with Gasteiger partial charge in [0.1, 0.15) is 4.83 Å². The molecular weight excluding hydrogens is 400 g/mol. The molecule has 1 aromatic carbocycles. The SMILES string of the molecule is CCN(CC)C(=O)c1c(C)nc2sc3c(c2c1-c1ccc(C)cc1)CCCC3.Cl. The number of fused-ring (bicyclic) bond motifs is 3. The molecule has 154 valence electrons. The normalized spacial score (nSPS) is 13.1. The van der Waals surface area contributed by atoms with Crippen molar-refractivity contribution >= 4 is 39.9 Å². The standard InChI is InChI=1S/C24H28N2OS.ClH/c1-5-26(6-2)24(27)20-16(4)25-23-22(18-9-7-8-10-19(18)28-23)21(20)17-13-11-15(3)12-14-17;/h11-14H,5-10H2,1-4H3;1H. The van der Waals surface area contributed by atoms with Crippen molar-refractivity contribution in [3.8, 4) is 11.1 Å². The molecule has 3 nitrogen and oxygen atoms in total. The van der Waals surface area contributed by atoms with Crippen LogP contribution in [0.25, 0.3) is 21.3 Å². The van der Waals surface area contributed by atoms with E-state index in [1.165, 1.54) is 34.2 Å². The number of rotatable bonds is 4. The Labute approximate surface area is 183 Å². The fourth-order valence-corrected chi connectivity index (χ4v) is 5.66. The van der Waals surface area contributed by atoms with E-state index >= 15 is 0 Å². The average molecular weight is 429 g/mol. The molecule has 3 aromatic rings. The molecule has 0 radical (unpaired) electrons. The molecule has 1 aliphatic carbocycles. The number of carbonyl (C=O) groups excluding carboxylic acids is 1. The van der Waals surface area contributed by atoms with E-state index in [4.69, 9.17) is 4.98 Å². The first kappa shape index (κ1) is 21.8. The van der Waals surface area contributed by atoms with Gasteiger partial charge in [-0.05, 0) is 64.5 Å². The van der Waals surface area contributed by atoms with E-state index in [-0.39, 0.29) is 18.3 Å². The highest BCUT2D eigenvalue weighted by molar-refractivity contribution is 7.19. The number of nitrogens with zero attached hydrogens (tertiary/aromatic N) is 2. The zero-order chi connectivity index (χ0) is 19.8. The van der Waals surface area contributed by atoms with Crippen molar-refractivity contribution < 1.29 is 4.79 Å². The van der Waals surface area contributed by atoms with Crippen LogP contribution in [0.15, 0.2) is 24.3 Å². The summed E-state index contributed by atoms with van der Waals surface area (Å²) in [5.41, 5.74) is 6.52. The number of benzene rings is 1. The summed E-state index contributed by atoms with van der Waals surface area (Å²) in [5, 5.41) is 1.23. The molecule has 2 aromatic heterocycles. The molecule has 1 amide bonds. The Bertz CT molecular complexity index is 1040. The average Bonchev–Trinajstić information content (AvgIpc) is 3.06. The molecule has 0 saturated heterocycles. The third-order valence-corrected chi connectivity index (χ3v) is 7.07. The minimum Gasteiger partial charge on any atom is -0.339 e. The van der Waals surface area contributed by atoms with Gasteiger partial charge >= 0.3 is 0 Å². The smallest absolute Gasteiger partial charge is 0.256 e. The number of pyridine rings is 1. The summed E-state index contributed by atoms with van der Waals surface area (Å²) in [6.45, 7) is 9.60. The number of hydrogen-bond acceptors (Lipinski definition) is 3. The second-order valence-electron chi connectivity index (χ2n) is 7.68. The monoisotopic (exact) mass is 428 g/mol. The highest BCUT2D eigenvalue weighted by atomic mass is 35.5. The van der Waals surface area contributed by atoms with Crippen molar-refractivity contribution in [2.45, 2.75) is 53.4 Å². The van der Waals surface area contributed by atoms with Gasteiger partial charge in [-0.2, -0.15) is 0 Å². The van der Waals surface area contributed by atoms with Gasteiger partial charge in [-0.25, -0.2) is 4.98 Å². The minimum atomic E-state index is 0. The fourth-order valence-electron chi connectivity index (χ4n) is 4.34. The first-order chi connectivity index (χ1) is 13.5. The molecule has 0 aliphatic heterocycles. The minimum absolute atomic E-state index is 0. The zero-order valence-corrected chi connectivity index (χ0v) is 19.3. The Morgan fingerprint density at radius 2 is 1.72 bits per heavy atom. The van der Waals surface area contributed by atoms with Gasteiger partial charge in [0, 0.05) is 28.9 Å². The van der Waals surface area contributed by atoms with E-state index < -0.39 is 0 Å². The zero-order valence-electron chi connectivity index (χ0n) is 17.7. The maximum atomic E-state index is 13.5. The number of amides is 1. The molecule has 4 rings (SSSR count). The first-order valence-corrected chi connectivity index (χ1v) is 11.2. The van der Waals surface area contributed by atoms with E-state index in [0.29, 0.717) is 13.1 Å². The van der Waals surface area contributed by atoms with E-state index in [9.17, 15) is 4.79 Å². The maximum absolute atomic E-state index is 13.5. The van der Waals surface area contributed by atoms with Crippen LogP contribution in [0.5, 0.6) is 0 Å². The van der Waals surface area contributed by atoms with Gasteiger partial charge in [-0.1, -0.05) is 29.8 Å². The Morgan fingerprint density at radius 1 is 1.07 bits per heavy atom. The molecule has 29 heavy (non-hydrogen) atoms. The van der Waals surface area contributed by atoms with Crippen molar-refractivity contribution in [2.24, 2.45) is 0 Å². The summed E-state index contributed by atoms with van der Waals surface area (Å²) in [4.78, 5) is 22.9. The van der Waals surface area contributed by atoms with Gasteiger partial charge in [-0.15, -0.1) is 23.7 Å². The Kier molecular flexibility index (Phi) is 6.65. The van der Waals surface area contributed by atoms with E-state index in [1.54, 1.807) is 0 Å². The number of hydrogen-bond donors (Lipinski definition) is 0. The van der Waals surface area contributed by atoms with E-state index in [0.717, 1.165) is 40.1 Å². The summed E-state index contributed by atoms with van der Waals surface area (Å²) in [6, 6.07) is 8.60. The predicted molar refractivity (Wildman–Crippen MR) is 126 cm³/mol. The maximum Gasteiger partial charge on any atom is 0.256 e. The van der Waals surface area contributed by atoms with E-state index in [2.05, 4.69) is 31.2 Å². The Hall–Kier alpha value is -1.91. The number of halogens is 1. The van der Waals surface area contributed by atoms with Crippen molar-refractivity contribution in [3.63, 3.8) is 0 Å². The highest BCUT2D eigenvalue weighted by Crippen LogP contribution is 2.43. The molecule has 0 saturated carbocycles. The molecule has 0 atom stereocenters. The van der Waals surface area contributed by atoms with Gasteiger partial charge in [-0.3, -0.25) is 4.79 Å². The number of aromatic nitrogens is 1. The molecule has 0 bridgehead atoms. The molecule has 2 heterocycles. The van der Waals surface area contributed by atoms with Gasteiger partial charge in [0.2, 0.25) is 0 Å². The first-order valence-electron chi connectivity index (χ1n) is 10.4. The highest BCUT2D eigenvalue weighted by Gasteiger charge is 2.27. The lowest BCUT2D eigenvalue weighted by molar-refractivity contribution is 0.0772. The predicted octanol–water partition coefficient (Wildman–Crippen LogP) is 6.36. The van der Waals surface area contributed by atoms with Crippen LogP contribution in [0.4, 0.5) is 0 Å². The van der Waals surface area contributed by atoms with E-state index in [1.807, 2.05) is 37.0 Å². The molecule has 1 aliphatic rings. The topological polar surface area (TPSA) is 33.2 Å². The van der Waals surface area contributed by atoms with Crippen LogP contribution in [0.1, 0.15) is 58.7 Å². The molecule has 0 N–H and O–H groups in total. The lowest BCUT2D eigenvalue weighted by Gasteiger charge is -2.23. The van der Waals surface area contributed by atoms with Gasteiger partial charge < -0.3 is 4.90 Å². The summed E-state index contributed by atoms with van der Waals surface area (Å²) in [7, 11) is 0. The van der Waals surface area contributed by atoms with Gasteiger partial charge in [0.05, 0.1) is 11.3 Å². The van der Waals surface area contributed by atoms with Crippen molar-refractivity contribution in [1.29, 1.82) is 0 Å². The third kappa shape index (κ3) is 3.80. The summed E-state index contributed by atoms with van der Waals surface area (Å²) in [6.07, 6.45) is 4.71. The van der Waals surface area contributed by atoms with Crippen LogP contribution in [-0.4, -0.2) is 28.9 Å². The second-order valence-corrected chi connectivity index (χ2v) is 8.77. The quantitative estimate of drug-likeness (QED) is 0.484. The van der Waals surface area contributed by atoms with Crippen LogP contribution in [-0.2, 0) is 12.8 Å². The fraction of sp³-hybridized carbons (Fsp3) is 0.417. The van der Waals surface area contributed by atoms with Crippen molar-refractivity contribution in [2.75, 3.05) is 13.1 Å². The number of thiophene rings is 1. The summed E-state index contributed by atoms with van der Waals surface area (Å²) >= 11 is 1.83. The lowest BCUT2D eigenvalue weighted by Crippen LogP contribution is -2.31. The Morgan fingerprint density at radius 3 is 2.38 bits per heavy atom. The largest absolute Gasteiger partial charge is 0.339 e. The van der Waals surface area contributed by atoms with Crippen LogP contribution in [0, 0.1) is 13.8 Å². The number of aryl methyl sites for hydroxylation is 4. The second kappa shape index (κ2) is 8.85. The summed E-state index contributed by atoms with van der Waals surface area (Å²) < 4.78 is 0. The molecular formula is C24H29ClN2OS. The molecule has 0 fully saturated rings. The van der Waals surface area contributed by atoms with Crippen LogP contribution in [0.3, 0.4) is 0 Å². The van der Waals surface area contributed by atoms with Crippen LogP contribution < -0.4 is 0 Å². The van der Waals surface area contributed by atoms with Crippen molar-refractivity contribution in [1.82, 2.24) is 9.88 Å². The number of carbonyl (C=O) groups is 1.